The van der Waals surface area contributed by atoms with Crippen molar-refractivity contribution in [1.29, 1.82) is 0 Å². The van der Waals surface area contributed by atoms with E-state index in [1.165, 1.54) is 5.56 Å². The molecule has 3 N–H and O–H groups in total. The lowest BCUT2D eigenvalue weighted by molar-refractivity contribution is -0.114. The minimum atomic E-state index is -0.131. The van der Waals surface area contributed by atoms with Crippen molar-refractivity contribution in [3.05, 3.63) is 59.2 Å². The summed E-state index contributed by atoms with van der Waals surface area (Å²) >= 11 is 0. The topological polar surface area (TPSA) is 70.2 Å². The van der Waals surface area contributed by atoms with E-state index in [1.807, 2.05) is 38.1 Å². The molecule has 0 saturated carbocycles. The first-order valence-electron chi connectivity index (χ1n) is 8.93. The van der Waals surface area contributed by atoms with E-state index in [0.29, 0.717) is 18.0 Å². The molecule has 26 heavy (non-hydrogen) atoms. The first kappa shape index (κ1) is 19.5. The van der Waals surface area contributed by atoms with Crippen molar-refractivity contribution >= 4 is 23.2 Å². The second-order valence-electron chi connectivity index (χ2n) is 6.57. The average Bonchev–Trinajstić information content (AvgIpc) is 2.61. The molecule has 0 heterocycles. The van der Waals surface area contributed by atoms with E-state index in [0.717, 1.165) is 16.9 Å². The third kappa shape index (κ3) is 5.34. The Morgan fingerprint density at radius 3 is 2.54 bits per heavy atom. The number of benzene rings is 2. The monoisotopic (exact) mass is 353 g/mol. The van der Waals surface area contributed by atoms with E-state index < -0.39 is 0 Å². The summed E-state index contributed by atoms with van der Waals surface area (Å²) < 4.78 is 0. The van der Waals surface area contributed by atoms with E-state index in [-0.39, 0.29) is 18.4 Å². The predicted octanol–water partition coefficient (Wildman–Crippen LogP) is 3.92. The first-order valence-corrected chi connectivity index (χ1v) is 8.93. The quantitative estimate of drug-likeness (QED) is 0.706. The highest BCUT2D eigenvalue weighted by Gasteiger charge is 2.09. The van der Waals surface area contributed by atoms with E-state index in [9.17, 15) is 9.59 Å². The molecule has 2 rings (SSSR count). The Bertz CT molecular complexity index is 785. The Kier molecular flexibility index (Phi) is 6.78. The van der Waals surface area contributed by atoms with Crippen LogP contribution in [0.1, 0.15) is 48.2 Å². The molecule has 2 amide bonds. The maximum Gasteiger partial charge on any atom is 0.251 e. The molecule has 0 fully saturated rings. The highest BCUT2D eigenvalue weighted by molar-refractivity contribution is 5.96. The minimum absolute atomic E-state index is 0.120. The van der Waals surface area contributed by atoms with E-state index >= 15 is 0 Å². The third-order valence-electron chi connectivity index (χ3n) is 4.11. The summed E-state index contributed by atoms with van der Waals surface area (Å²) in [5.74, 6) is 0.156. The molecule has 0 aliphatic heterocycles. The molecule has 0 aliphatic carbocycles. The molecule has 0 atom stereocenters. The maximum absolute atomic E-state index is 12.2. The zero-order valence-electron chi connectivity index (χ0n) is 15.8. The van der Waals surface area contributed by atoms with Gasteiger partial charge in [-0.15, -0.1) is 0 Å². The van der Waals surface area contributed by atoms with Crippen molar-refractivity contribution < 1.29 is 9.59 Å². The van der Waals surface area contributed by atoms with Gasteiger partial charge in [-0.05, 0) is 55.2 Å². The van der Waals surface area contributed by atoms with Gasteiger partial charge in [0.2, 0.25) is 5.91 Å². The molecule has 5 heteroatoms. The molecule has 0 aromatic heterocycles. The van der Waals surface area contributed by atoms with Crippen molar-refractivity contribution in [2.24, 2.45) is 0 Å². The second kappa shape index (κ2) is 9.04. The normalized spacial score (nSPS) is 10.5. The molecule has 0 bridgehead atoms. The molecule has 0 saturated heterocycles. The van der Waals surface area contributed by atoms with Crippen molar-refractivity contribution in [1.82, 2.24) is 5.32 Å². The summed E-state index contributed by atoms with van der Waals surface area (Å²) in [6.45, 7) is 8.76. The lowest BCUT2D eigenvalue weighted by atomic mass is 10.0. The molecule has 0 aliphatic rings. The number of rotatable bonds is 7. The van der Waals surface area contributed by atoms with Crippen molar-refractivity contribution in [2.75, 3.05) is 23.7 Å². The number of carbonyl (C=O) groups excluding carboxylic acids is 2. The molecule has 0 spiro atoms. The number of hydrogen-bond acceptors (Lipinski definition) is 3. The van der Waals surface area contributed by atoms with Gasteiger partial charge in [0.05, 0.1) is 6.54 Å². The summed E-state index contributed by atoms with van der Waals surface area (Å²) in [7, 11) is 0. The third-order valence-corrected chi connectivity index (χ3v) is 4.11. The molecular weight excluding hydrogens is 326 g/mol. The molecule has 2 aromatic carbocycles. The van der Waals surface area contributed by atoms with Crippen molar-refractivity contribution in [3.8, 4) is 0 Å². The highest BCUT2D eigenvalue weighted by atomic mass is 16.2. The number of nitrogens with one attached hydrogen (secondary N) is 3. The Labute approximate surface area is 155 Å². The van der Waals surface area contributed by atoms with Crippen LogP contribution < -0.4 is 16.0 Å². The van der Waals surface area contributed by atoms with Crippen molar-refractivity contribution in [3.63, 3.8) is 0 Å². The fourth-order valence-electron chi connectivity index (χ4n) is 2.57. The van der Waals surface area contributed by atoms with Crippen LogP contribution in [0, 0.1) is 6.92 Å². The smallest absolute Gasteiger partial charge is 0.251 e. The van der Waals surface area contributed by atoms with Crippen LogP contribution in [0.2, 0.25) is 0 Å². The van der Waals surface area contributed by atoms with Crippen LogP contribution in [0.5, 0.6) is 0 Å². The van der Waals surface area contributed by atoms with Gasteiger partial charge in [0.1, 0.15) is 0 Å². The predicted molar refractivity (Wildman–Crippen MR) is 107 cm³/mol. The zero-order chi connectivity index (χ0) is 19.1. The summed E-state index contributed by atoms with van der Waals surface area (Å²) in [4.78, 5) is 24.2. The first-order chi connectivity index (χ1) is 12.4. The van der Waals surface area contributed by atoms with Gasteiger partial charge in [0.25, 0.3) is 5.91 Å². The number of aryl methyl sites for hydroxylation is 1. The van der Waals surface area contributed by atoms with E-state index in [1.54, 1.807) is 12.1 Å². The highest BCUT2D eigenvalue weighted by Crippen LogP contribution is 2.19. The van der Waals surface area contributed by atoms with Crippen LogP contribution in [0.15, 0.2) is 42.5 Å². The van der Waals surface area contributed by atoms with Crippen LogP contribution in [-0.4, -0.2) is 24.9 Å². The molecule has 0 radical (unpaired) electrons. The van der Waals surface area contributed by atoms with Gasteiger partial charge >= 0.3 is 0 Å². The number of amides is 2. The van der Waals surface area contributed by atoms with Gasteiger partial charge in [-0.25, -0.2) is 0 Å². The lowest BCUT2D eigenvalue weighted by Gasteiger charge is -2.13. The Hall–Kier alpha value is -2.82. The zero-order valence-corrected chi connectivity index (χ0v) is 15.8. The molecule has 2 aromatic rings. The van der Waals surface area contributed by atoms with Gasteiger partial charge in [-0.1, -0.05) is 32.0 Å². The van der Waals surface area contributed by atoms with Gasteiger partial charge < -0.3 is 16.0 Å². The Morgan fingerprint density at radius 2 is 1.85 bits per heavy atom. The lowest BCUT2D eigenvalue weighted by Crippen LogP contribution is -2.24. The fourth-order valence-corrected chi connectivity index (χ4v) is 2.57. The molecule has 0 unspecified atom stereocenters. The summed E-state index contributed by atoms with van der Waals surface area (Å²) in [6, 6.07) is 13.3. The molecule has 138 valence electrons. The van der Waals surface area contributed by atoms with Crippen LogP contribution in [0.3, 0.4) is 0 Å². The van der Waals surface area contributed by atoms with Crippen LogP contribution in [-0.2, 0) is 4.79 Å². The SMILES string of the molecule is CCNC(=O)c1ccc(C)c(NCC(=O)Nc2cccc(C(C)C)c2)c1. The van der Waals surface area contributed by atoms with Crippen LogP contribution >= 0.6 is 0 Å². The Balaban J connectivity index is 2.00. The van der Waals surface area contributed by atoms with E-state index in [4.69, 9.17) is 0 Å². The second-order valence-corrected chi connectivity index (χ2v) is 6.57. The standard InChI is InChI=1S/C21H27N3O2/c1-5-22-21(26)17-10-9-15(4)19(12-17)23-13-20(25)24-18-8-6-7-16(11-18)14(2)3/h6-12,14,23H,5,13H2,1-4H3,(H,22,26)(H,24,25). The van der Waals surface area contributed by atoms with Gasteiger partial charge in [0, 0.05) is 23.5 Å². The summed E-state index contributed by atoms with van der Waals surface area (Å²) in [6.07, 6.45) is 0. The number of anilines is 2. The van der Waals surface area contributed by atoms with Gasteiger partial charge in [-0.2, -0.15) is 0 Å². The molecule has 5 nitrogen and oxygen atoms in total. The van der Waals surface area contributed by atoms with Gasteiger partial charge in [-0.3, -0.25) is 9.59 Å². The average molecular weight is 353 g/mol. The number of hydrogen-bond donors (Lipinski definition) is 3. The van der Waals surface area contributed by atoms with Crippen molar-refractivity contribution in [2.45, 2.75) is 33.6 Å². The minimum Gasteiger partial charge on any atom is -0.376 e. The fraction of sp³-hybridized carbons (Fsp3) is 0.333. The summed E-state index contributed by atoms with van der Waals surface area (Å²) in [5.41, 5.74) is 4.30. The van der Waals surface area contributed by atoms with Crippen LogP contribution in [0.4, 0.5) is 11.4 Å². The van der Waals surface area contributed by atoms with Gasteiger partial charge in [0.15, 0.2) is 0 Å². The maximum atomic E-state index is 12.2. The van der Waals surface area contributed by atoms with Crippen LogP contribution in [0.25, 0.3) is 0 Å². The largest absolute Gasteiger partial charge is 0.376 e. The van der Waals surface area contributed by atoms with E-state index in [2.05, 4.69) is 35.9 Å². The summed E-state index contributed by atoms with van der Waals surface area (Å²) in [5, 5.41) is 8.79. The molecular formula is C21H27N3O2. The number of carbonyl (C=O) groups is 2. The Morgan fingerprint density at radius 1 is 1.08 bits per heavy atom.